The maximum Gasteiger partial charge on any atom is 0.319 e. The van der Waals surface area contributed by atoms with Crippen LogP contribution in [0.2, 0.25) is 0 Å². The molecule has 0 saturated heterocycles. The maximum atomic E-state index is 12.6. The molecule has 2 aromatic rings. The summed E-state index contributed by atoms with van der Waals surface area (Å²) in [7, 11) is 0. The zero-order chi connectivity index (χ0) is 18.6. The summed E-state index contributed by atoms with van der Waals surface area (Å²) in [6.07, 6.45) is 0. The Morgan fingerprint density at radius 1 is 1.04 bits per heavy atom. The van der Waals surface area contributed by atoms with Gasteiger partial charge >= 0.3 is 6.03 Å². The third-order valence-electron chi connectivity index (χ3n) is 3.77. The molecular formula is C18H24N4O3. The van der Waals surface area contributed by atoms with Crippen molar-refractivity contribution in [1.29, 1.82) is 0 Å². The molecule has 7 heteroatoms. The molecule has 1 aromatic carbocycles. The average molecular weight is 344 g/mol. The molecule has 2 rings (SSSR count). The number of carbonyl (C=O) groups is 2. The van der Waals surface area contributed by atoms with E-state index in [-0.39, 0.29) is 18.0 Å². The second kappa shape index (κ2) is 7.83. The van der Waals surface area contributed by atoms with Gasteiger partial charge in [0.2, 0.25) is 5.91 Å². The van der Waals surface area contributed by atoms with Crippen LogP contribution < -0.4 is 16.0 Å². The third kappa shape index (κ3) is 4.59. The van der Waals surface area contributed by atoms with Gasteiger partial charge in [-0.15, -0.1) is 0 Å². The van der Waals surface area contributed by atoms with Crippen LogP contribution in [0.15, 0.2) is 28.8 Å². The molecular weight excluding hydrogens is 320 g/mol. The Kier molecular flexibility index (Phi) is 5.80. The van der Waals surface area contributed by atoms with Crippen molar-refractivity contribution in [3.63, 3.8) is 0 Å². The SMILES string of the molecule is Cc1noc(C)c1[C@@H](C)C(=O)Nc1ccccc1NC(=O)NC(C)C. The summed E-state index contributed by atoms with van der Waals surface area (Å²) in [4.78, 5) is 24.5. The quantitative estimate of drug-likeness (QED) is 0.772. The Morgan fingerprint density at radius 3 is 2.16 bits per heavy atom. The van der Waals surface area contributed by atoms with Crippen molar-refractivity contribution in [1.82, 2.24) is 10.5 Å². The predicted molar refractivity (Wildman–Crippen MR) is 96.8 cm³/mol. The first-order valence-electron chi connectivity index (χ1n) is 8.19. The number of anilines is 2. The first kappa shape index (κ1) is 18.5. The van der Waals surface area contributed by atoms with Crippen LogP contribution in [-0.4, -0.2) is 23.1 Å². The van der Waals surface area contributed by atoms with E-state index >= 15 is 0 Å². The highest BCUT2D eigenvalue weighted by Gasteiger charge is 2.23. The van der Waals surface area contributed by atoms with Crippen molar-refractivity contribution in [3.8, 4) is 0 Å². The summed E-state index contributed by atoms with van der Waals surface area (Å²) in [5.41, 5.74) is 2.54. The number of nitrogens with zero attached hydrogens (tertiary/aromatic N) is 1. The predicted octanol–water partition coefficient (Wildman–Crippen LogP) is 3.56. The van der Waals surface area contributed by atoms with Crippen molar-refractivity contribution >= 4 is 23.3 Å². The van der Waals surface area contributed by atoms with E-state index in [1.54, 1.807) is 45.0 Å². The number of rotatable bonds is 5. The highest BCUT2D eigenvalue weighted by molar-refractivity contribution is 6.01. The van der Waals surface area contributed by atoms with Crippen LogP contribution in [0.25, 0.3) is 0 Å². The zero-order valence-electron chi connectivity index (χ0n) is 15.1. The summed E-state index contributed by atoms with van der Waals surface area (Å²) in [5.74, 6) is -0.000384. The van der Waals surface area contributed by atoms with Crippen molar-refractivity contribution < 1.29 is 14.1 Å². The fourth-order valence-corrected chi connectivity index (χ4v) is 2.60. The fourth-order valence-electron chi connectivity index (χ4n) is 2.60. The molecule has 3 amide bonds. The van der Waals surface area contributed by atoms with Gasteiger partial charge in [0.05, 0.1) is 23.0 Å². The molecule has 3 N–H and O–H groups in total. The van der Waals surface area contributed by atoms with Gasteiger partial charge < -0.3 is 20.5 Å². The Hall–Kier alpha value is -2.83. The molecule has 0 aliphatic rings. The van der Waals surface area contributed by atoms with Gasteiger partial charge in [0, 0.05) is 11.6 Å². The second-order valence-corrected chi connectivity index (χ2v) is 6.25. The minimum absolute atomic E-state index is 0.0151. The summed E-state index contributed by atoms with van der Waals surface area (Å²) < 4.78 is 5.13. The van der Waals surface area contributed by atoms with Crippen molar-refractivity contribution in [2.24, 2.45) is 0 Å². The smallest absolute Gasteiger partial charge is 0.319 e. The van der Waals surface area contributed by atoms with E-state index in [0.29, 0.717) is 22.8 Å². The molecule has 0 saturated carbocycles. The highest BCUT2D eigenvalue weighted by atomic mass is 16.5. The number of amides is 3. The third-order valence-corrected chi connectivity index (χ3v) is 3.77. The van der Waals surface area contributed by atoms with Gasteiger partial charge in [0.25, 0.3) is 0 Å². The number of carbonyl (C=O) groups excluding carboxylic acids is 2. The number of aromatic nitrogens is 1. The van der Waals surface area contributed by atoms with Gasteiger partial charge in [-0.3, -0.25) is 4.79 Å². The van der Waals surface area contributed by atoms with Gasteiger partial charge in [-0.25, -0.2) is 4.79 Å². The Labute approximate surface area is 147 Å². The van der Waals surface area contributed by atoms with Crippen LogP contribution in [0.1, 0.15) is 43.7 Å². The van der Waals surface area contributed by atoms with E-state index in [1.807, 2.05) is 13.8 Å². The van der Waals surface area contributed by atoms with Gasteiger partial charge in [0.1, 0.15) is 5.76 Å². The number of urea groups is 1. The van der Waals surface area contributed by atoms with Gasteiger partial charge in [0.15, 0.2) is 0 Å². The van der Waals surface area contributed by atoms with Crippen LogP contribution in [0.4, 0.5) is 16.2 Å². The van der Waals surface area contributed by atoms with E-state index in [2.05, 4.69) is 21.1 Å². The Balaban J connectivity index is 2.14. The summed E-state index contributed by atoms with van der Waals surface area (Å²) in [6, 6.07) is 6.75. The molecule has 1 aromatic heterocycles. The number of hydrogen-bond donors (Lipinski definition) is 3. The minimum Gasteiger partial charge on any atom is -0.361 e. The first-order chi connectivity index (χ1) is 11.8. The van der Waals surface area contributed by atoms with Crippen LogP contribution in [0.5, 0.6) is 0 Å². The molecule has 134 valence electrons. The monoisotopic (exact) mass is 344 g/mol. The molecule has 0 fully saturated rings. The van der Waals surface area contributed by atoms with Gasteiger partial charge in [-0.1, -0.05) is 17.3 Å². The number of para-hydroxylation sites is 2. The lowest BCUT2D eigenvalue weighted by molar-refractivity contribution is -0.117. The van der Waals surface area contributed by atoms with Crippen LogP contribution in [0.3, 0.4) is 0 Å². The Morgan fingerprint density at radius 2 is 1.64 bits per heavy atom. The lowest BCUT2D eigenvalue weighted by atomic mass is 9.98. The van der Waals surface area contributed by atoms with E-state index in [0.717, 1.165) is 5.56 Å². The number of benzene rings is 1. The van der Waals surface area contributed by atoms with E-state index in [9.17, 15) is 9.59 Å². The highest BCUT2D eigenvalue weighted by Crippen LogP contribution is 2.27. The molecule has 0 spiro atoms. The fraction of sp³-hybridized carbons (Fsp3) is 0.389. The van der Waals surface area contributed by atoms with Crippen molar-refractivity contribution in [3.05, 3.63) is 41.3 Å². The molecule has 0 bridgehead atoms. The topological polar surface area (TPSA) is 96.3 Å². The molecule has 0 radical (unpaired) electrons. The molecule has 0 aliphatic heterocycles. The molecule has 1 heterocycles. The van der Waals surface area contributed by atoms with Gasteiger partial charge in [-0.2, -0.15) is 0 Å². The molecule has 0 unspecified atom stereocenters. The second-order valence-electron chi connectivity index (χ2n) is 6.25. The average Bonchev–Trinajstić information content (AvgIpc) is 2.86. The largest absolute Gasteiger partial charge is 0.361 e. The summed E-state index contributed by atoms with van der Waals surface area (Å²) in [6.45, 7) is 9.13. The number of aryl methyl sites for hydroxylation is 2. The van der Waals surface area contributed by atoms with E-state index in [4.69, 9.17) is 4.52 Å². The zero-order valence-corrected chi connectivity index (χ0v) is 15.1. The molecule has 7 nitrogen and oxygen atoms in total. The van der Waals surface area contributed by atoms with Gasteiger partial charge in [-0.05, 0) is 46.8 Å². The minimum atomic E-state index is -0.427. The first-order valence-corrected chi connectivity index (χ1v) is 8.19. The molecule has 1 atom stereocenters. The molecule has 25 heavy (non-hydrogen) atoms. The standard InChI is InChI=1S/C18H24N4O3/c1-10(2)19-18(24)21-15-9-7-6-8-14(15)20-17(23)11(3)16-12(4)22-25-13(16)5/h6-11H,1-5H3,(H,20,23)(H2,19,21,24)/t11-/m1/s1. The Bertz CT molecular complexity index is 748. The van der Waals surface area contributed by atoms with E-state index < -0.39 is 5.92 Å². The van der Waals surface area contributed by atoms with Crippen LogP contribution in [0, 0.1) is 13.8 Å². The summed E-state index contributed by atoms with van der Waals surface area (Å²) >= 11 is 0. The van der Waals surface area contributed by atoms with Crippen LogP contribution in [-0.2, 0) is 4.79 Å². The van der Waals surface area contributed by atoms with E-state index in [1.165, 1.54) is 0 Å². The number of hydrogen-bond acceptors (Lipinski definition) is 4. The lowest BCUT2D eigenvalue weighted by Gasteiger charge is -2.16. The normalized spacial score (nSPS) is 11.9. The van der Waals surface area contributed by atoms with Crippen molar-refractivity contribution in [2.45, 2.75) is 46.6 Å². The van der Waals surface area contributed by atoms with Crippen LogP contribution >= 0.6 is 0 Å². The number of nitrogens with one attached hydrogen (secondary N) is 3. The maximum absolute atomic E-state index is 12.6. The summed E-state index contributed by atoms with van der Waals surface area (Å²) in [5, 5.41) is 12.2. The molecule has 0 aliphatic carbocycles. The lowest BCUT2D eigenvalue weighted by Crippen LogP contribution is -2.34. The van der Waals surface area contributed by atoms with Crippen molar-refractivity contribution in [2.75, 3.05) is 10.6 Å².